The van der Waals surface area contributed by atoms with E-state index in [9.17, 15) is 4.21 Å². The number of rotatable bonds is 4. The lowest BCUT2D eigenvalue weighted by molar-refractivity contribution is 0.564. The van der Waals surface area contributed by atoms with Crippen LogP contribution in [0.1, 0.15) is 25.3 Å². The molecule has 0 fully saturated rings. The molecule has 0 aliphatic rings. The first-order valence-corrected chi connectivity index (χ1v) is 5.54. The van der Waals surface area contributed by atoms with E-state index in [0.717, 1.165) is 6.42 Å². The van der Waals surface area contributed by atoms with Crippen LogP contribution in [0.15, 0.2) is 29.2 Å². The molecular weight excluding hydrogens is 184 g/mol. The fraction of sp³-hybridized carbons (Fsp3) is 0.400. The third kappa shape index (κ3) is 3.28. The molecule has 0 radical (unpaired) electrons. The minimum Gasteiger partial charge on any atom is -0.302 e. The highest BCUT2D eigenvalue weighted by atomic mass is 32.2. The molecule has 0 spiro atoms. The van der Waals surface area contributed by atoms with Crippen LogP contribution in [-0.4, -0.2) is 8.76 Å². The van der Waals surface area contributed by atoms with Gasteiger partial charge in [0.05, 0.1) is 4.90 Å². The van der Waals surface area contributed by atoms with Gasteiger partial charge in [-0.05, 0) is 30.5 Å². The smallest absolute Gasteiger partial charge is 0.186 e. The van der Waals surface area contributed by atoms with E-state index in [1.165, 1.54) is 18.4 Å². The maximum atomic E-state index is 10.6. The van der Waals surface area contributed by atoms with Crippen LogP contribution in [0.25, 0.3) is 0 Å². The molecule has 0 saturated carbocycles. The number of unbranched alkanes of at least 4 members (excludes halogenated alkanes) is 1. The molecule has 1 aromatic rings. The first kappa shape index (κ1) is 10.4. The van der Waals surface area contributed by atoms with Gasteiger partial charge in [0.25, 0.3) is 0 Å². The van der Waals surface area contributed by atoms with E-state index in [4.69, 9.17) is 4.55 Å². The van der Waals surface area contributed by atoms with Gasteiger partial charge in [-0.15, -0.1) is 0 Å². The maximum absolute atomic E-state index is 10.6. The average Bonchev–Trinajstić information content (AvgIpc) is 2.15. The highest BCUT2D eigenvalue weighted by Crippen LogP contribution is 2.09. The number of aryl methyl sites for hydroxylation is 1. The molecule has 13 heavy (non-hydrogen) atoms. The highest BCUT2D eigenvalue weighted by molar-refractivity contribution is 7.79. The predicted molar refractivity (Wildman–Crippen MR) is 54.1 cm³/mol. The van der Waals surface area contributed by atoms with Crippen LogP contribution in [-0.2, 0) is 17.5 Å². The van der Waals surface area contributed by atoms with E-state index in [-0.39, 0.29) is 0 Å². The Morgan fingerprint density at radius 1 is 1.31 bits per heavy atom. The predicted octanol–water partition coefficient (Wildman–Crippen LogP) is 2.61. The summed E-state index contributed by atoms with van der Waals surface area (Å²) in [4.78, 5) is 0.472. The summed E-state index contributed by atoms with van der Waals surface area (Å²) in [6, 6.07) is 7.25. The van der Waals surface area contributed by atoms with Crippen LogP contribution in [0.2, 0.25) is 0 Å². The summed E-state index contributed by atoms with van der Waals surface area (Å²) in [5.41, 5.74) is 1.23. The third-order valence-corrected chi connectivity index (χ3v) is 2.62. The molecule has 2 nitrogen and oxygen atoms in total. The van der Waals surface area contributed by atoms with Gasteiger partial charge in [0, 0.05) is 0 Å². The SMILES string of the molecule is CCCCc1ccc(S(=O)O)cc1. The van der Waals surface area contributed by atoms with Crippen molar-refractivity contribution < 1.29 is 8.76 Å². The van der Waals surface area contributed by atoms with E-state index in [1.54, 1.807) is 12.1 Å². The van der Waals surface area contributed by atoms with Crippen molar-refractivity contribution in [2.45, 2.75) is 31.1 Å². The molecule has 0 saturated heterocycles. The van der Waals surface area contributed by atoms with Crippen molar-refractivity contribution in [3.8, 4) is 0 Å². The Balaban J connectivity index is 2.64. The standard InChI is InChI=1S/C10H14O2S/c1-2-3-4-9-5-7-10(8-6-9)13(11)12/h5-8H,2-4H2,1H3,(H,11,12). The Morgan fingerprint density at radius 2 is 1.92 bits per heavy atom. The van der Waals surface area contributed by atoms with Gasteiger partial charge in [-0.3, -0.25) is 0 Å². The van der Waals surface area contributed by atoms with E-state index in [1.807, 2.05) is 12.1 Å². The molecule has 0 bridgehead atoms. The molecule has 1 aromatic carbocycles. The number of hydrogen-bond donors (Lipinski definition) is 1. The maximum Gasteiger partial charge on any atom is 0.186 e. The molecular formula is C10H14O2S. The molecule has 1 atom stereocenters. The number of benzene rings is 1. The van der Waals surface area contributed by atoms with Crippen LogP contribution in [0.4, 0.5) is 0 Å². The van der Waals surface area contributed by atoms with Crippen molar-refractivity contribution in [2.24, 2.45) is 0 Å². The summed E-state index contributed by atoms with van der Waals surface area (Å²) >= 11 is -1.84. The lowest BCUT2D eigenvalue weighted by Crippen LogP contribution is -1.89. The van der Waals surface area contributed by atoms with Gasteiger partial charge in [0.1, 0.15) is 0 Å². The van der Waals surface area contributed by atoms with Gasteiger partial charge in [0.2, 0.25) is 0 Å². The fourth-order valence-electron chi connectivity index (χ4n) is 1.15. The second kappa shape index (κ2) is 5.14. The molecule has 0 aliphatic heterocycles. The highest BCUT2D eigenvalue weighted by Gasteiger charge is 1.98. The number of hydrogen-bond acceptors (Lipinski definition) is 1. The second-order valence-corrected chi connectivity index (χ2v) is 3.97. The summed E-state index contributed by atoms with van der Waals surface area (Å²) in [6.45, 7) is 2.15. The molecule has 0 amide bonds. The molecule has 0 aliphatic carbocycles. The Labute approximate surface area is 81.3 Å². The zero-order chi connectivity index (χ0) is 9.68. The van der Waals surface area contributed by atoms with Crippen molar-refractivity contribution in [3.05, 3.63) is 29.8 Å². The third-order valence-electron chi connectivity index (χ3n) is 1.94. The monoisotopic (exact) mass is 198 g/mol. The average molecular weight is 198 g/mol. The van der Waals surface area contributed by atoms with E-state index >= 15 is 0 Å². The van der Waals surface area contributed by atoms with Gasteiger partial charge < -0.3 is 4.55 Å². The summed E-state index contributed by atoms with van der Waals surface area (Å²) in [6.07, 6.45) is 3.39. The van der Waals surface area contributed by atoms with Gasteiger partial charge in [-0.25, -0.2) is 4.21 Å². The minimum absolute atomic E-state index is 0.472. The second-order valence-electron chi connectivity index (χ2n) is 3.00. The van der Waals surface area contributed by atoms with Crippen molar-refractivity contribution in [2.75, 3.05) is 0 Å². The van der Waals surface area contributed by atoms with E-state index < -0.39 is 11.1 Å². The topological polar surface area (TPSA) is 37.3 Å². The van der Waals surface area contributed by atoms with Crippen LogP contribution in [0, 0.1) is 0 Å². The lowest BCUT2D eigenvalue weighted by atomic mass is 10.1. The Bertz CT molecular complexity index is 279. The molecule has 1 N–H and O–H groups in total. The van der Waals surface area contributed by atoms with Gasteiger partial charge in [-0.2, -0.15) is 0 Å². The van der Waals surface area contributed by atoms with Gasteiger partial charge in [-0.1, -0.05) is 25.5 Å². The normalized spacial score (nSPS) is 12.8. The van der Waals surface area contributed by atoms with Crippen LogP contribution in [0.3, 0.4) is 0 Å². The van der Waals surface area contributed by atoms with E-state index in [2.05, 4.69) is 6.92 Å². The van der Waals surface area contributed by atoms with Gasteiger partial charge in [0.15, 0.2) is 11.1 Å². The lowest BCUT2D eigenvalue weighted by Gasteiger charge is -2.00. The molecule has 1 unspecified atom stereocenters. The van der Waals surface area contributed by atoms with Crippen LogP contribution < -0.4 is 0 Å². The zero-order valence-electron chi connectivity index (χ0n) is 7.69. The molecule has 3 heteroatoms. The first-order valence-electron chi connectivity index (χ1n) is 4.44. The molecule has 0 heterocycles. The molecule has 0 aromatic heterocycles. The van der Waals surface area contributed by atoms with Gasteiger partial charge >= 0.3 is 0 Å². The van der Waals surface area contributed by atoms with E-state index in [0.29, 0.717) is 4.90 Å². The van der Waals surface area contributed by atoms with Crippen molar-refractivity contribution in [3.63, 3.8) is 0 Å². The quantitative estimate of drug-likeness (QED) is 0.755. The summed E-state index contributed by atoms with van der Waals surface area (Å²) in [5.74, 6) is 0. The molecule has 1 rings (SSSR count). The Hall–Kier alpha value is -0.670. The summed E-state index contributed by atoms with van der Waals surface area (Å²) in [7, 11) is 0. The van der Waals surface area contributed by atoms with Crippen molar-refractivity contribution in [1.82, 2.24) is 0 Å². The molecule has 72 valence electrons. The van der Waals surface area contributed by atoms with Crippen molar-refractivity contribution in [1.29, 1.82) is 0 Å². The Morgan fingerprint density at radius 3 is 2.38 bits per heavy atom. The first-order chi connectivity index (χ1) is 6.24. The summed E-state index contributed by atoms with van der Waals surface area (Å²) in [5, 5.41) is 0. The summed E-state index contributed by atoms with van der Waals surface area (Å²) < 4.78 is 19.4. The fourth-order valence-corrected chi connectivity index (χ4v) is 1.52. The Kier molecular flexibility index (Phi) is 4.12. The van der Waals surface area contributed by atoms with Crippen LogP contribution in [0.5, 0.6) is 0 Å². The zero-order valence-corrected chi connectivity index (χ0v) is 8.51. The largest absolute Gasteiger partial charge is 0.302 e. The van der Waals surface area contributed by atoms with Crippen molar-refractivity contribution >= 4 is 11.1 Å². The van der Waals surface area contributed by atoms with Crippen LogP contribution >= 0.6 is 0 Å². The minimum atomic E-state index is -1.84.